The van der Waals surface area contributed by atoms with E-state index in [1.807, 2.05) is 0 Å². The van der Waals surface area contributed by atoms with Gasteiger partial charge in [-0.1, -0.05) is 30.3 Å². The van der Waals surface area contributed by atoms with Gasteiger partial charge in [-0.2, -0.15) is 0 Å². The van der Waals surface area contributed by atoms with E-state index in [1.165, 1.54) is 24.8 Å². The van der Waals surface area contributed by atoms with Crippen molar-refractivity contribution in [3.8, 4) is 0 Å². The fourth-order valence-corrected chi connectivity index (χ4v) is 3.34. The average Bonchev–Trinajstić information content (AvgIpc) is 2.92. The molecule has 2 heterocycles. The van der Waals surface area contributed by atoms with Gasteiger partial charge in [0.05, 0.1) is 6.10 Å². The zero-order valence-electron chi connectivity index (χ0n) is 12.4. The molecule has 2 aliphatic rings. The Balaban J connectivity index is 1.67. The highest BCUT2D eigenvalue weighted by atomic mass is 16.5. The highest BCUT2D eigenvalue weighted by Crippen LogP contribution is 2.22. The summed E-state index contributed by atoms with van der Waals surface area (Å²) in [6.45, 7) is 6.58. The van der Waals surface area contributed by atoms with Gasteiger partial charge in [-0.15, -0.1) is 0 Å². The lowest BCUT2D eigenvalue weighted by Gasteiger charge is -2.31. The Morgan fingerprint density at radius 1 is 1.25 bits per heavy atom. The van der Waals surface area contributed by atoms with Crippen LogP contribution in [0.25, 0.3) is 0 Å². The third-order valence-corrected chi connectivity index (χ3v) is 4.66. The molecule has 3 atom stereocenters. The molecule has 110 valence electrons. The molecule has 0 spiro atoms. The minimum Gasteiger partial charge on any atom is -0.377 e. The van der Waals surface area contributed by atoms with Crippen molar-refractivity contribution in [2.24, 2.45) is 0 Å². The van der Waals surface area contributed by atoms with Crippen LogP contribution in [0, 0.1) is 0 Å². The first kappa shape index (κ1) is 14.1. The number of ether oxygens (including phenoxy) is 1. The maximum absolute atomic E-state index is 5.82. The topological polar surface area (TPSA) is 24.5 Å². The van der Waals surface area contributed by atoms with Gasteiger partial charge >= 0.3 is 0 Å². The highest BCUT2D eigenvalue weighted by Gasteiger charge is 2.27. The quantitative estimate of drug-likeness (QED) is 0.917. The Bertz CT molecular complexity index is 403. The summed E-state index contributed by atoms with van der Waals surface area (Å²) in [4.78, 5) is 2.62. The molecule has 0 amide bonds. The molecule has 2 fully saturated rings. The van der Waals surface area contributed by atoms with E-state index >= 15 is 0 Å². The summed E-state index contributed by atoms with van der Waals surface area (Å²) in [7, 11) is 0. The molecule has 3 rings (SSSR count). The molecule has 2 saturated heterocycles. The first-order chi connectivity index (χ1) is 9.83. The van der Waals surface area contributed by atoms with Crippen LogP contribution in [0.15, 0.2) is 30.3 Å². The van der Waals surface area contributed by atoms with Gasteiger partial charge in [-0.3, -0.25) is 4.90 Å². The van der Waals surface area contributed by atoms with Gasteiger partial charge < -0.3 is 10.1 Å². The first-order valence-electron chi connectivity index (χ1n) is 7.97. The van der Waals surface area contributed by atoms with Crippen LogP contribution >= 0.6 is 0 Å². The molecular formula is C17H26N2O. The van der Waals surface area contributed by atoms with Gasteiger partial charge in [0.15, 0.2) is 0 Å². The molecule has 2 aliphatic heterocycles. The van der Waals surface area contributed by atoms with Crippen LogP contribution in [0.2, 0.25) is 0 Å². The van der Waals surface area contributed by atoms with Crippen molar-refractivity contribution in [2.45, 2.75) is 44.4 Å². The lowest BCUT2D eigenvalue weighted by molar-refractivity contribution is 0.0590. The van der Waals surface area contributed by atoms with Crippen LogP contribution < -0.4 is 5.32 Å². The predicted molar refractivity (Wildman–Crippen MR) is 81.8 cm³/mol. The summed E-state index contributed by atoms with van der Waals surface area (Å²) in [6.07, 6.45) is 4.13. The SMILES string of the molecule is CC1CCNC(c2ccccc2)CN1CC1CCCO1. The van der Waals surface area contributed by atoms with Gasteiger partial charge in [-0.05, 0) is 38.3 Å². The fourth-order valence-electron chi connectivity index (χ4n) is 3.34. The molecule has 0 bridgehead atoms. The Hall–Kier alpha value is -0.900. The summed E-state index contributed by atoms with van der Waals surface area (Å²) >= 11 is 0. The number of hydrogen-bond donors (Lipinski definition) is 1. The number of benzene rings is 1. The number of rotatable bonds is 3. The van der Waals surface area contributed by atoms with Crippen LogP contribution in [0.1, 0.15) is 37.8 Å². The van der Waals surface area contributed by atoms with Crippen molar-refractivity contribution >= 4 is 0 Å². The summed E-state index contributed by atoms with van der Waals surface area (Å²) < 4.78 is 5.82. The smallest absolute Gasteiger partial charge is 0.0702 e. The maximum atomic E-state index is 5.82. The molecule has 0 aromatic heterocycles. The van der Waals surface area contributed by atoms with Crippen LogP contribution in [0.5, 0.6) is 0 Å². The third kappa shape index (κ3) is 3.40. The van der Waals surface area contributed by atoms with Crippen molar-refractivity contribution in [1.82, 2.24) is 10.2 Å². The van der Waals surface area contributed by atoms with Crippen molar-refractivity contribution in [1.29, 1.82) is 0 Å². The number of nitrogens with one attached hydrogen (secondary N) is 1. The highest BCUT2D eigenvalue weighted by molar-refractivity contribution is 5.19. The van der Waals surface area contributed by atoms with Crippen LogP contribution in [-0.4, -0.2) is 43.3 Å². The molecule has 0 saturated carbocycles. The molecule has 3 unspecified atom stereocenters. The van der Waals surface area contributed by atoms with E-state index in [0.29, 0.717) is 18.2 Å². The van der Waals surface area contributed by atoms with Gasteiger partial charge in [0, 0.05) is 31.8 Å². The molecule has 0 radical (unpaired) electrons. The van der Waals surface area contributed by atoms with Crippen molar-refractivity contribution in [2.75, 3.05) is 26.2 Å². The van der Waals surface area contributed by atoms with Crippen molar-refractivity contribution in [3.63, 3.8) is 0 Å². The summed E-state index contributed by atoms with van der Waals surface area (Å²) in [5.74, 6) is 0. The minimum atomic E-state index is 0.447. The van der Waals surface area contributed by atoms with Crippen LogP contribution in [-0.2, 0) is 4.74 Å². The van der Waals surface area contributed by atoms with Gasteiger partial charge in [0.1, 0.15) is 0 Å². The van der Waals surface area contributed by atoms with Crippen molar-refractivity contribution < 1.29 is 4.74 Å². The van der Waals surface area contributed by atoms with E-state index in [2.05, 4.69) is 47.5 Å². The van der Waals surface area contributed by atoms with Gasteiger partial charge in [-0.25, -0.2) is 0 Å². The molecule has 3 nitrogen and oxygen atoms in total. The number of nitrogens with zero attached hydrogens (tertiary/aromatic N) is 1. The first-order valence-corrected chi connectivity index (χ1v) is 7.97. The second-order valence-electron chi connectivity index (χ2n) is 6.14. The normalized spacial score (nSPS) is 32.1. The van der Waals surface area contributed by atoms with Gasteiger partial charge in [0.2, 0.25) is 0 Å². The summed E-state index contributed by atoms with van der Waals surface area (Å²) in [5.41, 5.74) is 1.40. The third-order valence-electron chi connectivity index (χ3n) is 4.66. The Kier molecular flexibility index (Phi) is 4.71. The monoisotopic (exact) mass is 274 g/mol. The maximum Gasteiger partial charge on any atom is 0.0702 e. The zero-order chi connectivity index (χ0) is 13.8. The summed E-state index contributed by atoms with van der Waals surface area (Å²) in [6, 6.07) is 11.9. The Morgan fingerprint density at radius 3 is 2.85 bits per heavy atom. The molecule has 1 N–H and O–H groups in total. The molecular weight excluding hydrogens is 248 g/mol. The van der Waals surface area contributed by atoms with E-state index in [4.69, 9.17) is 4.74 Å². The molecule has 1 aromatic rings. The largest absolute Gasteiger partial charge is 0.377 e. The standard InChI is InChI=1S/C17H26N2O/c1-14-9-10-18-17(15-6-3-2-4-7-15)13-19(14)12-16-8-5-11-20-16/h2-4,6-7,14,16-18H,5,8-13H2,1H3. The lowest BCUT2D eigenvalue weighted by atomic mass is 10.1. The molecule has 1 aromatic carbocycles. The van der Waals surface area contributed by atoms with E-state index in [1.54, 1.807) is 0 Å². The lowest BCUT2D eigenvalue weighted by Crippen LogP contribution is -2.40. The molecule has 3 heteroatoms. The molecule has 0 aliphatic carbocycles. The Labute approximate surface area is 122 Å². The zero-order valence-corrected chi connectivity index (χ0v) is 12.4. The van der Waals surface area contributed by atoms with E-state index in [9.17, 15) is 0 Å². The van der Waals surface area contributed by atoms with Crippen LogP contribution in [0.3, 0.4) is 0 Å². The van der Waals surface area contributed by atoms with Gasteiger partial charge in [0.25, 0.3) is 0 Å². The average molecular weight is 274 g/mol. The van der Waals surface area contributed by atoms with Crippen molar-refractivity contribution in [3.05, 3.63) is 35.9 Å². The number of hydrogen-bond acceptors (Lipinski definition) is 3. The van der Waals surface area contributed by atoms with E-state index in [-0.39, 0.29) is 0 Å². The second kappa shape index (κ2) is 6.70. The van der Waals surface area contributed by atoms with E-state index < -0.39 is 0 Å². The van der Waals surface area contributed by atoms with E-state index in [0.717, 1.165) is 26.2 Å². The fraction of sp³-hybridized carbons (Fsp3) is 0.647. The summed E-state index contributed by atoms with van der Waals surface area (Å²) in [5, 5.41) is 3.70. The predicted octanol–water partition coefficient (Wildman–Crippen LogP) is 2.59. The molecule has 20 heavy (non-hydrogen) atoms. The Morgan fingerprint density at radius 2 is 2.10 bits per heavy atom. The minimum absolute atomic E-state index is 0.447. The van der Waals surface area contributed by atoms with Crippen LogP contribution in [0.4, 0.5) is 0 Å². The second-order valence-corrected chi connectivity index (χ2v) is 6.14.